The van der Waals surface area contributed by atoms with Crippen LogP contribution in [-0.2, 0) is 6.18 Å². The average Bonchev–Trinajstić information content (AvgIpc) is 2.48. The number of rotatable bonds is 2. The van der Waals surface area contributed by atoms with E-state index in [4.69, 9.17) is 5.73 Å². The second-order valence-corrected chi connectivity index (χ2v) is 3.79. The lowest BCUT2D eigenvalue weighted by Gasteiger charge is -2.16. The van der Waals surface area contributed by atoms with E-state index >= 15 is 0 Å². The quantitative estimate of drug-likeness (QED) is 0.810. The SMILES string of the molecule is CC(N)C(O)c1cscc1C(F)(F)F. The molecule has 0 bridgehead atoms. The van der Waals surface area contributed by atoms with Crippen molar-refractivity contribution in [2.24, 2.45) is 5.73 Å². The van der Waals surface area contributed by atoms with Crippen LogP contribution in [-0.4, -0.2) is 11.1 Å². The summed E-state index contributed by atoms with van der Waals surface area (Å²) in [5, 5.41) is 11.7. The molecule has 1 aromatic rings. The number of hydrogen-bond acceptors (Lipinski definition) is 3. The van der Waals surface area contributed by atoms with Crippen LogP contribution in [0.2, 0.25) is 0 Å². The van der Waals surface area contributed by atoms with Gasteiger partial charge in [0.15, 0.2) is 0 Å². The Morgan fingerprint density at radius 3 is 2.43 bits per heavy atom. The second-order valence-electron chi connectivity index (χ2n) is 3.04. The largest absolute Gasteiger partial charge is 0.417 e. The summed E-state index contributed by atoms with van der Waals surface area (Å²) >= 11 is 0.903. The molecule has 0 fully saturated rings. The highest BCUT2D eigenvalue weighted by Crippen LogP contribution is 2.37. The van der Waals surface area contributed by atoms with Gasteiger partial charge < -0.3 is 10.8 Å². The maximum Gasteiger partial charge on any atom is 0.417 e. The zero-order valence-corrected chi connectivity index (χ0v) is 8.19. The molecule has 0 amide bonds. The Morgan fingerprint density at radius 1 is 1.43 bits per heavy atom. The summed E-state index contributed by atoms with van der Waals surface area (Å²) in [5.74, 6) is 0. The molecule has 80 valence electrons. The molecule has 0 aliphatic heterocycles. The van der Waals surface area contributed by atoms with Crippen molar-refractivity contribution >= 4 is 11.3 Å². The van der Waals surface area contributed by atoms with Gasteiger partial charge in [0, 0.05) is 17.0 Å². The monoisotopic (exact) mass is 225 g/mol. The highest BCUT2D eigenvalue weighted by molar-refractivity contribution is 7.08. The topological polar surface area (TPSA) is 46.2 Å². The number of alkyl halides is 3. The number of aliphatic hydroxyl groups excluding tert-OH is 1. The van der Waals surface area contributed by atoms with Crippen LogP contribution in [0, 0.1) is 0 Å². The van der Waals surface area contributed by atoms with Crippen molar-refractivity contribution in [3.05, 3.63) is 21.9 Å². The predicted octanol–water partition coefficient (Wildman–Crippen LogP) is 2.15. The summed E-state index contributed by atoms with van der Waals surface area (Å²) < 4.78 is 37.1. The van der Waals surface area contributed by atoms with Gasteiger partial charge in [-0.3, -0.25) is 0 Å². The lowest BCUT2D eigenvalue weighted by Crippen LogP contribution is -2.25. The zero-order valence-electron chi connectivity index (χ0n) is 7.38. The average molecular weight is 225 g/mol. The van der Waals surface area contributed by atoms with Gasteiger partial charge in [-0.2, -0.15) is 24.5 Å². The molecular formula is C8H10F3NOS. The first-order chi connectivity index (χ1) is 6.34. The Kier molecular flexibility index (Phi) is 3.18. The Labute approximate surface area is 83.2 Å². The van der Waals surface area contributed by atoms with E-state index < -0.39 is 23.9 Å². The van der Waals surface area contributed by atoms with Crippen molar-refractivity contribution in [3.8, 4) is 0 Å². The fourth-order valence-electron chi connectivity index (χ4n) is 1.05. The highest BCUT2D eigenvalue weighted by atomic mass is 32.1. The van der Waals surface area contributed by atoms with Gasteiger partial charge in [-0.25, -0.2) is 0 Å². The number of nitrogens with two attached hydrogens (primary N) is 1. The van der Waals surface area contributed by atoms with E-state index in [0.717, 1.165) is 16.7 Å². The minimum absolute atomic E-state index is 0.141. The standard InChI is InChI=1S/C8H10F3NOS/c1-4(12)7(13)5-2-14-3-6(5)8(9,10)11/h2-4,7,13H,12H2,1H3. The first-order valence-electron chi connectivity index (χ1n) is 3.91. The highest BCUT2D eigenvalue weighted by Gasteiger charge is 2.36. The molecule has 0 saturated carbocycles. The molecule has 0 aromatic carbocycles. The van der Waals surface area contributed by atoms with E-state index in [1.807, 2.05) is 0 Å². The number of aliphatic hydroxyl groups is 1. The summed E-state index contributed by atoms with van der Waals surface area (Å²) in [7, 11) is 0. The van der Waals surface area contributed by atoms with Gasteiger partial charge in [-0.05, 0) is 12.3 Å². The number of hydrogen-bond donors (Lipinski definition) is 2. The van der Waals surface area contributed by atoms with Crippen LogP contribution in [0.4, 0.5) is 13.2 Å². The molecule has 2 nitrogen and oxygen atoms in total. The molecule has 1 heterocycles. The van der Waals surface area contributed by atoms with E-state index in [-0.39, 0.29) is 5.56 Å². The molecule has 0 aliphatic carbocycles. The Bertz CT molecular complexity index is 308. The van der Waals surface area contributed by atoms with Gasteiger partial charge in [-0.1, -0.05) is 0 Å². The summed E-state index contributed by atoms with van der Waals surface area (Å²) in [6.45, 7) is 1.46. The lowest BCUT2D eigenvalue weighted by atomic mass is 10.0. The maximum absolute atomic E-state index is 12.4. The third-order valence-corrected chi connectivity index (χ3v) is 2.58. The second kappa shape index (κ2) is 3.88. The molecular weight excluding hydrogens is 215 g/mol. The van der Waals surface area contributed by atoms with Crippen LogP contribution < -0.4 is 5.73 Å². The van der Waals surface area contributed by atoms with Crippen molar-refractivity contribution < 1.29 is 18.3 Å². The van der Waals surface area contributed by atoms with Gasteiger partial charge in [-0.15, -0.1) is 0 Å². The Hall–Kier alpha value is -0.590. The van der Waals surface area contributed by atoms with Crippen LogP contribution in [0.1, 0.15) is 24.2 Å². The van der Waals surface area contributed by atoms with Crippen molar-refractivity contribution in [2.75, 3.05) is 0 Å². The van der Waals surface area contributed by atoms with E-state index in [2.05, 4.69) is 0 Å². The van der Waals surface area contributed by atoms with Gasteiger partial charge in [0.2, 0.25) is 0 Å². The summed E-state index contributed by atoms with van der Waals surface area (Å²) in [5.41, 5.74) is 4.39. The summed E-state index contributed by atoms with van der Waals surface area (Å²) in [4.78, 5) is 0. The summed E-state index contributed by atoms with van der Waals surface area (Å²) in [6.07, 6.45) is -5.69. The smallest absolute Gasteiger partial charge is 0.387 e. The van der Waals surface area contributed by atoms with Crippen molar-refractivity contribution in [1.82, 2.24) is 0 Å². The van der Waals surface area contributed by atoms with E-state index in [0.29, 0.717) is 0 Å². The molecule has 0 radical (unpaired) electrons. The van der Waals surface area contributed by atoms with Gasteiger partial charge in [0.05, 0.1) is 11.7 Å². The van der Waals surface area contributed by atoms with Crippen LogP contribution in [0.25, 0.3) is 0 Å². The molecule has 2 atom stereocenters. The van der Waals surface area contributed by atoms with Crippen molar-refractivity contribution in [2.45, 2.75) is 25.2 Å². The fourth-order valence-corrected chi connectivity index (χ4v) is 1.94. The maximum atomic E-state index is 12.4. The predicted molar refractivity (Wildman–Crippen MR) is 47.9 cm³/mol. The van der Waals surface area contributed by atoms with Crippen molar-refractivity contribution in [3.63, 3.8) is 0 Å². The first kappa shape index (κ1) is 11.5. The third-order valence-electron chi connectivity index (χ3n) is 1.81. The molecule has 14 heavy (non-hydrogen) atoms. The van der Waals surface area contributed by atoms with Crippen LogP contribution in [0.3, 0.4) is 0 Å². The third kappa shape index (κ3) is 2.26. The number of thiophene rings is 1. The fraction of sp³-hybridized carbons (Fsp3) is 0.500. The van der Waals surface area contributed by atoms with Gasteiger partial charge in [0.25, 0.3) is 0 Å². The van der Waals surface area contributed by atoms with E-state index in [9.17, 15) is 18.3 Å². The zero-order chi connectivity index (χ0) is 10.9. The Balaban J connectivity index is 3.05. The van der Waals surface area contributed by atoms with Crippen molar-refractivity contribution in [1.29, 1.82) is 0 Å². The molecule has 6 heteroatoms. The van der Waals surface area contributed by atoms with E-state index in [1.54, 1.807) is 0 Å². The molecule has 0 spiro atoms. The molecule has 2 unspecified atom stereocenters. The van der Waals surface area contributed by atoms with Gasteiger partial charge >= 0.3 is 6.18 Å². The molecule has 0 saturated heterocycles. The van der Waals surface area contributed by atoms with Crippen LogP contribution in [0.15, 0.2) is 10.8 Å². The van der Waals surface area contributed by atoms with Gasteiger partial charge in [0.1, 0.15) is 0 Å². The molecule has 1 rings (SSSR count). The van der Waals surface area contributed by atoms with Crippen LogP contribution >= 0.6 is 11.3 Å². The summed E-state index contributed by atoms with van der Waals surface area (Å²) in [6, 6.07) is -0.717. The molecule has 1 aromatic heterocycles. The Morgan fingerprint density at radius 2 is 2.00 bits per heavy atom. The van der Waals surface area contributed by atoms with E-state index in [1.165, 1.54) is 12.3 Å². The normalized spacial score (nSPS) is 16.7. The van der Waals surface area contributed by atoms with Crippen LogP contribution in [0.5, 0.6) is 0 Å². The molecule has 3 N–H and O–H groups in total. The molecule has 0 aliphatic rings. The minimum Gasteiger partial charge on any atom is -0.387 e. The first-order valence-corrected chi connectivity index (χ1v) is 4.85. The lowest BCUT2D eigenvalue weighted by molar-refractivity contribution is -0.138. The minimum atomic E-state index is -4.43. The number of halogens is 3.